The van der Waals surface area contributed by atoms with Gasteiger partial charge in [0.05, 0.1) is 12.2 Å². The molecule has 3 N–H and O–H groups in total. The topological polar surface area (TPSA) is 69.9 Å². The van der Waals surface area contributed by atoms with Gasteiger partial charge >= 0.3 is 0 Å². The third-order valence-corrected chi connectivity index (χ3v) is 2.45. The third-order valence-electron chi connectivity index (χ3n) is 2.45. The molecule has 0 saturated carbocycles. The van der Waals surface area contributed by atoms with Crippen molar-refractivity contribution in [2.24, 2.45) is 0 Å². The van der Waals surface area contributed by atoms with Crippen molar-refractivity contribution in [3.05, 3.63) is 0 Å². The number of unbranched alkanes of at least 4 members (excludes halogenated alkanes) is 2. The Bertz CT molecular complexity index is 130. The van der Waals surface area contributed by atoms with E-state index in [1.165, 1.54) is 0 Å². The van der Waals surface area contributed by atoms with Crippen LogP contribution in [-0.2, 0) is 4.74 Å². The Hall–Kier alpha value is -0.160. The number of aliphatic hydroxyl groups is 3. The predicted octanol–water partition coefficient (Wildman–Crippen LogP) is 0.688. The number of hydrogen-bond donors (Lipinski definition) is 3. The first-order valence-electron chi connectivity index (χ1n) is 5.68. The van der Waals surface area contributed by atoms with E-state index < -0.39 is 12.2 Å². The van der Waals surface area contributed by atoms with Crippen molar-refractivity contribution in [3.8, 4) is 0 Å². The van der Waals surface area contributed by atoms with Crippen LogP contribution in [0.4, 0.5) is 0 Å². The average Bonchev–Trinajstić information content (AvgIpc) is 2.25. The van der Waals surface area contributed by atoms with E-state index >= 15 is 0 Å². The molecule has 0 aliphatic heterocycles. The van der Waals surface area contributed by atoms with Crippen LogP contribution in [0.3, 0.4) is 0 Å². The summed E-state index contributed by atoms with van der Waals surface area (Å²) in [4.78, 5) is 0. The van der Waals surface area contributed by atoms with Crippen molar-refractivity contribution in [2.45, 2.75) is 50.7 Å². The van der Waals surface area contributed by atoms with Crippen LogP contribution in [0.5, 0.6) is 0 Å². The highest BCUT2D eigenvalue weighted by Gasteiger charge is 2.14. The standard InChI is InChI=1S/C11H24O4/c1-15-9-4-2-3-6-10(13)11(14)7-5-8-12/h10-14H,2-9H2,1H3. The average molecular weight is 220 g/mol. The molecule has 2 atom stereocenters. The smallest absolute Gasteiger partial charge is 0.0800 e. The molecular formula is C11H24O4. The molecule has 0 aromatic rings. The lowest BCUT2D eigenvalue weighted by atomic mass is 10.0. The van der Waals surface area contributed by atoms with Crippen LogP contribution >= 0.6 is 0 Å². The van der Waals surface area contributed by atoms with E-state index in [-0.39, 0.29) is 6.61 Å². The van der Waals surface area contributed by atoms with Gasteiger partial charge in [0.1, 0.15) is 0 Å². The summed E-state index contributed by atoms with van der Waals surface area (Å²) in [6.07, 6.45) is 3.20. The van der Waals surface area contributed by atoms with Gasteiger partial charge in [0.2, 0.25) is 0 Å². The van der Waals surface area contributed by atoms with Crippen LogP contribution in [0.25, 0.3) is 0 Å². The molecule has 0 aliphatic rings. The zero-order valence-electron chi connectivity index (χ0n) is 9.56. The highest BCUT2D eigenvalue weighted by Crippen LogP contribution is 2.10. The van der Waals surface area contributed by atoms with Gasteiger partial charge in [-0.3, -0.25) is 0 Å². The molecule has 0 aromatic carbocycles. The number of ether oxygens (including phenoxy) is 1. The van der Waals surface area contributed by atoms with Crippen molar-refractivity contribution in [3.63, 3.8) is 0 Å². The quantitative estimate of drug-likeness (QED) is 0.474. The van der Waals surface area contributed by atoms with Gasteiger partial charge in [-0.1, -0.05) is 12.8 Å². The summed E-state index contributed by atoms with van der Waals surface area (Å²) in [5.74, 6) is 0. The largest absolute Gasteiger partial charge is 0.396 e. The van der Waals surface area contributed by atoms with E-state index in [1.54, 1.807) is 7.11 Å². The summed E-state index contributed by atoms with van der Waals surface area (Å²) in [5.41, 5.74) is 0. The summed E-state index contributed by atoms with van der Waals surface area (Å²) in [6.45, 7) is 0.820. The molecular weight excluding hydrogens is 196 g/mol. The highest BCUT2D eigenvalue weighted by molar-refractivity contribution is 4.67. The fraction of sp³-hybridized carbons (Fsp3) is 1.00. The van der Waals surface area contributed by atoms with E-state index in [4.69, 9.17) is 9.84 Å². The minimum Gasteiger partial charge on any atom is -0.396 e. The lowest BCUT2D eigenvalue weighted by Crippen LogP contribution is -2.25. The first-order valence-corrected chi connectivity index (χ1v) is 5.68. The second kappa shape index (κ2) is 10.4. The SMILES string of the molecule is COCCCCCC(O)C(O)CCCO. The molecule has 15 heavy (non-hydrogen) atoms. The molecule has 0 heterocycles. The molecule has 0 rings (SSSR count). The maximum absolute atomic E-state index is 9.54. The summed E-state index contributed by atoms with van der Waals surface area (Å²) in [6, 6.07) is 0. The maximum Gasteiger partial charge on any atom is 0.0800 e. The molecule has 0 radical (unpaired) electrons. The van der Waals surface area contributed by atoms with Gasteiger partial charge in [0.25, 0.3) is 0 Å². The zero-order chi connectivity index (χ0) is 11.5. The predicted molar refractivity (Wildman–Crippen MR) is 58.7 cm³/mol. The van der Waals surface area contributed by atoms with Crippen LogP contribution in [0.2, 0.25) is 0 Å². The molecule has 0 aliphatic carbocycles. The number of rotatable bonds is 10. The Balaban J connectivity index is 3.34. The molecule has 4 heteroatoms. The summed E-state index contributed by atoms with van der Waals surface area (Å²) < 4.78 is 4.91. The number of aliphatic hydroxyl groups excluding tert-OH is 3. The van der Waals surface area contributed by atoms with E-state index in [2.05, 4.69) is 0 Å². The molecule has 4 nitrogen and oxygen atoms in total. The Labute approximate surface area is 91.9 Å². The maximum atomic E-state index is 9.54. The van der Waals surface area contributed by atoms with Crippen molar-refractivity contribution in [2.75, 3.05) is 20.3 Å². The summed E-state index contributed by atoms with van der Waals surface area (Å²) in [7, 11) is 1.67. The first kappa shape index (κ1) is 14.8. The van der Waals surface area contributed by atoms with Crippen LogP contribution < -0.4 is 0 Å². The third kappa shape index (κ3) is 8.81. The summed E-state index contributed by atoms with van der Waals surface area (Å²) in [5, 5.41) is 27.6. The van der Waals surface area contributed by atoms with Crippen molar-refractivity contribution < 1.29 is 20.1 Å². The Morgan fingerprint density at radius 1 is 0.933 bits per heavy atom. The van der Waals surface area contributed by atoms with Gasteiger partial charge in [-0.25, -0.2) is 0 Å². The van der Waals surface area contributed by atoms with Gasteiger partial charge in [-0.2, -0.15) is 0 Å². The Morgan fingerprint density at radius 2 is 1.53 bits per heavy atom. The molecule has 92 valence electrons. The minimum atomic E-state index is -0.695. The fourth-order valence-electron chi connectivity index (χ4n) is 1.46. The second-order valence-electron chi connectivity index (χ2n) is 3.84. The van der Waals surface area contributed by atoms with Crippen molar-refractivity contribution in [1.29, 1.82) is 0 Å². The first-order chi connectivity index (χ1) is 7.22. The highest BCUT2D eigenvalue weighted by atomic mass is 16.5. The lowest BCUT2D eigenvalue weighted by molar-refractivity contribution is 0.00503. The van der Waals surface area contributed by atoms with Crippen LogP contribution in [0, 0.1) is 0 Å². The van der Waals surface area contributed by atoms with Crippen LogP contribution in [0.1, 0.15) is 38.5 Å². The van der Waals surface area contributed by atoms with E-state index in [9.17, 15) is 10.2 Å². The van der Waals surface area contributed by atoms with E-state index in [0.29, 0.717) is 19.3 Å². The molecule has 0 aromatic heterocycles. The minimum absolute atomic E-state index is 0.0671. The van der Waals surface area contributed by atoms with Gasteiger partial charge in [0.15, 0.2) is 0 Å². The molecule has 2 unspecified atom stereocenters. The van der Waals surface area contributed by atoms with Gasteiger partial charge < -0.3 is 20.1 Å². The summed E-state index contributed by atoms with van der Waals surface area (Å²) >= 11 is 0. The fourth-order valence-corrected chi connectivity index (χ4v) is 1.46. The van der Waals surface area contributed by atoms with Crippen molar-refractivity contribution >= 4 is 0 Å². The van der Waals surface area contributed by atoms with Gasteiger partial charge in [-0.15, -0.1) is 0 Å². The second-order valence-corrected chi connectivity index (χ2v) is 3.84. The van der Waals surface area contributed by atoms with Gasteiger partial charge in [0, 0.05) is 20.3 Å². The molecule has 0 bridgehead atoms. The number of methoxy groups -OCH3 is 1. The number of hydrogen-bond acceptors (Lipinski definition) is 4. The van der Waals surface area contributed by atoms with Crippen LogP contribution in [0.15, 0.2) is 0 Å². The normalized spacial score (nSPS) is 15.2. The Kier molecular flexibility index (Phi) is 10.3. The van der Waals surface area contributed by atoms with E-state index in [1.807, 2.05) is 0 Å². The molecule has 0 fully saturated rings. The molecule has 0 amide bonds. The van der Waals surface area contributed by atoms with E-state index in [0.717, 1.165) is 25.9 Å². The monoisotopic (exact) mass is 220 g/mol. The van der Waals surface area contributed by atoms with Gasteiger partial charge in [-0.05, 0) is 25.7 Å². The lowest BCUT2D eigenvalue weighted by Gasteiger charge is -2.17. The van der Waals surface area contributed by atoms with Crippen molar-refractivity contribution in [1.82, 2.24) is 0 Å². The molecule has 0 spiro atoms. The Morgan fingerprint density at radius 3 is 2.07 bits per heavy atom. The molecule has 0 saturated heterocycles. The van der Waals surface area contributed by atoms with Crippen LogP contribution in [-0.4, -0.2) is 47.9 Å². The zero-order valence-corrected chi connectivity index (χ0v) is 9.56.